The second-order valence-electron chi connectivity index (χ2n) is 1.80. The molecule has 0 aromatic carbocycles. The third-order valence-electron chi connectivity index (χ3n) is 1.19. The van der Waals surface area contributed by atoms with Gasteiger partial charge in [-0.05, 0) is 6.92 Å². The van der Waals surface area contributed by atoms with Crippen LogP contribution >= 0.6 is 12.2 Å². The topological polar surface area (TPSA) is 26.3 Å². The molecule has 1 rings (SSSR count). The summed E-state index contributed by atoms with van der Waals surface area (Å²) in [6.45, 7) is 2.10. The SMILES string of the molecule is CC1C(=O)OCC1=S. The molecule has 1 fully saturated rings. The van der Waals surface area contributed by atoms with Crippen LogP contribution in [0.4, 0.5) is 0 Å². The van der Waals surface area contributed by atoms with Crippen molar-refractivity contribution in [2.45, 2.75) is 6.92 Å². The number of rotatable bonds is 0. The van der Waals surface area contributed by atoms with Crippen LogP contribution in [0.5, 0.6) is 0 Å². The lowest BCUT2D eigenvalue weighted by atomic mass is 10.1. The number of cyclic esters (lactones) is 1. The van der Waals surface area contributed by atoms with E-state index in [-0.39, 0.29) is 11.9 Å². The molecule has 1 aliphatic rings. The monoisotopic (exact) mass is 130 g/mol. The Morgan fingerprint density at radius 1 is 1.88 bits per heavy atom. The number of hydrogen-bond donors (Lipinski definition) is 0. The van der Waals surface area contributed by atoms with Gasteiger partial charge in [0.1, 0.15) is 6.61 Å². The van der Waals surface area contributed by atoms with Crippen LogP contribution in [0.3, 0.4) is 0 Å². The second-order valence-corrected chi connectivity index (χ2v) is 2.32. The number of carbonyl (C=O) groups is 1. The van der Waals surface area contributed by atoms with Crippen LogP contribution in [0.1, 0.15) is 6.92 Å². The van der Waals surface area contributed by atoms with E-state index in [4.69, 9.17) is 12.2 Å². The normalized spacial score (nSPS) is 28.4. The predicted molar refractivity (Wildman–Crippen MR) is 32.7 cm³/mol. The molecule has 1 saturated heterocycles. The van der Waals surface area contributed by atoms with Gasteiger partial charge in [0.15, 0.2) is 0 Å². The Morgan fingerprint density at radius 3 is 2.62 bits per heavy atom. The summed E-state index contributed by atoms with van der Waals surface area (Å²) in [5.41, 5.74) is 0. The zero-order valence-corrected chi connectivity index (χ0v) is 5.33. The van der Waals surface area contributed by atoms with E-state index in [0.29, 0.717) is 6.61 Å². The van der Waals surface area contributed by atoms with E-state index in [0.717, 1.165) is 4.86 Å². The highest BCUT2D eigenvalue weighted by molar-refractivity contribution is 7.80. The molecule has 0 amide bonds. The zero-order valence-electron chi connectivity index (χ0n) is 4.51. The van der Waals surface area contributed by atoms with Crippen molar-refractivity contribution in [2.75, 3.05) is 6.61 Å². The van der Waals surface area contributed by atoms with Crippen molar-refractivity contribution in [3.8, 4) is 0 Å². The number of thiocarbonyl (C=S) groups is 1. The molecule has 0 bridgehead atoms. The first-order chi connectivity index (χ1) is 3.72. The first-order valence-corrected chi connectivity index (χ1v) is 2.82. The maximum atomic E-state index is 10.5. The number of hydrogen-bond acceptors (Lipinski definition) is 3. The summed E-state index contributed by atoms with van der Waals surface area (Å²) in [4.78, 5) is 11.2. The smallest absolute Gasteiger partial charge is 0.314 e. The van der Waals surface area contributed by atoms with Crippen LogP contribution in [0.25, 0.3) is 0 Å². The number of carbonyl (C=O) groups excluding carboxylic acids is 1. The van der Waals surface area contributed by atoms with Gasteiger partial charge in [-0.15, -0.1) is 0 Å². The summed E-state index contributed by atoms with van der Waals surface area (Å²) in [6, 6.07) is 0. The Kier molecular flexibility index (Phi) is 1.29. The van der Waals surface area contributed by atoms with Gasteiger partial charge >= 0.3 is 5.97 Å². The first kappa shape index (κ1) is 5.69. The Labute approximate surface area is 52.8 Å². The minimum Gasteiger partial charge on any atom is -0.460 e. The van der Waals surface area contributed by atoms with Gasteiger partial charge in [0.2, 0.25) is 0 Å². The minimum absolute atomic E-state index is 0.148. The van der Waals surface area contributed by atoms with Crippen molar-refractivity contribution in [2.24, 2.45) is 5.92 Å². The van der Waals surface area contributed by atoms with Gasteiger partial charge in [-0.25, -0.2) is 0 Å². The molecule has 44 valence electrons. The molecular formula is C5H6O2S. The lowest BCUT2D eigenvalue weighted by Gasteiger charge is -1.89. The molecule has 0 spiro atoms. The van der Waals surface area contributed by atoms with Gasteiger partial charge in [-0.3, -0.25) is 4.79 Å². The first-order valence-electron chi connectivity index (χ1n) is 2.41. The maximum absolute atomic E-state index is 10.5. The summed E-state index contributed by atoms with van der Waals surface area (Å²) < 4.78 is 4.60. The van der Waals surface area contributed by atoms with E-state index in [1.54, 1.807) is 6.92 Å². The molecule has 8 heavy (non-hydrogen) atoms. The van der Waals surface area contributed by atoms with Gasteiger partial charge in [0, 0.05) is 4.86 Å². The Morgan fingerprint density at radius 2 is 2.50 bits per heavy atom. The molecule has 0 aromatic rings. The summed E-state index contributed by atoms with van der Waals surface area (Å²) in [5, 5.41) is 0. The largest absolute Gasteiger partial charge is 0.460 e. The van der Waals surface area contributed by atoms with Gasteiger partial charge in [-0.1, -0.05) is 12.2 Å². The van der Waals surface area contributed by atoms with Crippen molar-refractivity contribution in [3.63, 3.8) is 0 Å². The Bertz CT molecular complexity index is 125. The van der Waals surface area contributed by atoms with Gasteiger partial charge in [0.25, 0.3) is 0 Å². The van der Waals surface area contributed by atoms with Crippen LogP contribution in [0.15, 0.2) is 0 Å². The van der Waals surface area contributed by atoms with Crippen LogP contribution < -0.4 is 0 Å². The summed E-state index contributed by atoms with van der Waals surface area (Å²) in [5.74, 6) is -0.333. The van der Waals surface area contributed by atoms with Gasteiger partial charge in [-0.2, -0.15) is 0 Å². The van der Waals surface area contributed by atoms with Crippen molar-refractivity contribution < 1.29 is 9.53 Å². The second kappa shape index (κ2) is 1.82. The highest BCUT2D eigenvalue weighted by Crippen LogP contribution is 2.09. The standard InChI is InChI=1S/C5H6O2S/c1-3-4(8)2-7-5(3)6/h3H,2H2,1H3. The molecule has 0 aliphatic carbocycles. The van der Waals surface area contributed by atoms with E-state index in [9.17, 15) is 4.79 Å². The van der Waals surface area contributed by atoms with Crippen LogP contribution in [-0.2, 0) is 9.53 Å². The van der Waals surface area contributed by atoms with Crippen LogP contribution in [0.2, 0.25) is 0 Å². The van der Waals surface area contributed by atoms with Crippen LogP contribution in [-0.4, -0.2) is 17.4 Å². The van der Waals surface area contributed by atoms with E-state index in [2.05, 4.69) is 4.74 Å². The molecule has 2 nitrogen and oxygen atoms in total. The fourth-order valence-electron chi connectivity index (χ4n) is 0.524. The lowest BCUT2D eigenvalue weighted by Crippen LogP contribution is -2.07. The fourth-order valence-corrected chi connectivity index (χ4v) is 0.679. The molecule has 1 heterocycles. The molecule has 1 aliphatic heterocycles. The zero-order chi connectivity index (χ0) is 6.15. The number of ether oxygens (including phenoxy) is 1. The predicted octanol–water partition coefficient (Wildman–Crippen LogP) is 0.549. The van der Waals surface area contributed by atoms with E-state index in [1.807, 2.05) is 0 Å². The van der Waals surface area contributed by atoms with Crippen molar-refractivity contribution in [1.82, 2.24) is 0 Å². The Balaban J connectivity index is 2.70. The molecule has 1 unspecified atom stereocenters. The third kappa shape index (κ3) is 0.733. The van der Waals surface area contributed by atoms with Gasteiger partial charge in [0.05, 0.1) is 5.92 Å². The average molecular weight is 130 g/mol. The fraction of sp³-hybridized carbons (Fsp3) is 0.600. The van der Waals surface area contributed by atoms with Crippen molar-refractivity contribution >= 4 is 23.1 Å². The highest BCUT2D eigenvalue weighted by Gasteiger charge is 2.26. The summed E-state index contributed by atoms with van der Waals surface area (Å²) in [6.07, 6.45) is 0. The summed E-state index contributed by atoms with van der Waals surface area (Å²) in [7, 11) is 0. The highest BCUT2D eigenvalue weighted by atomic mass is 32.1. The van der Waals surface area contributed by atoms with E-state index in [1.165, 1.54) is 0 Å². The molecule has 0 aromatic heterocycles. The van der Waals surface area contributed by atoms with Crippen molar-refractivity contribution in [3.05, 3.63) is 0 Å². The Hall–Kier alpha value is -0.440. The molecule has 0 N–H and O–H groups in total. The maximum Gasteiger partial charge on any atom is 0.314 e. The van der Waals surface area contributed by atoms with E-state index < -0.39 is 0 Å². The van der Waals surface area contributed by atoms with Crippen LogP contribution in [0, 0.1) is 5.92 Å². The summed E-state index contributed by atoms with van der Waals surface area (Å²) >= 11 is 4.77. The lowest BCUT2D eigenvalue weighted by molar-refractivity contribution is -0.140. The average Bonchev–Trinajstić information content (AvgIpc) is 1.98. The molecule has 0 radical (unpaired) electrons. The molecule has 3 heteroatoms. The number of esters is 1. The molecule has 0 saturated carbocycles. The minimum atomic E-state index is -0.185. The van der Waals surface area contributed by atoms with Crippen molar-refractivity contribution in [1.29, 1.82) is 0 Å². The quantitative estimate of drug-likeness (QED) is 0.354. The van der Waals surface area contributed by atoms with Gasteiger partial charge < -0.3 is 4.74 Å². The third-order valence-corrected chi connectivity index (χ3v) is 1.66. The van der Waals surface area contributed by atoms with E-state index >= 15 is 0 Å². The molecular weight excluding hydrogens is 124 g/mol. The molecule has 1 atom stereocenters.